The lowest BCUT2D eigenvalue weighted by molar-refractivity contribution is -0.274. The first-order valence-electron chi connectivity index (χ1n) is 7.01. The molecule has 23 heavy (non-hydrogen) atoms. The smallest absolute Gasteiger partial charge is 0.405 e. The van der Waals surface area contributed by atoms with Crippen molar-refractivity contribution in [1.29, 1.82) is 0 Å². The molecule has 0 saturated heterocycles. The van der Waals surface area contributed by atoms with Crippen molar-refractivity contribution in [1.82, 2.24) is 10.6 Å². The Morgan fingerprint density at radius 2 is 1.78 bits per heavy atom. The Labute approximate surface area is 151 Å². The monoisotopic (exact) mass is 445 g/mol. The first-order valence-corrected chi connectivity index (χ1v) is 7.01. The lowest BCUT2D eigenvalue weighted by atomic mass is 10.1. The number of hydrogen-bond acceptors (Lipinski definition) is 2. The number of hydrogen-bond donors (Lipinski definition) is 2. The summed E-state index contributed by atoms with van der Waals surface area (Å²) >= 11 is 0. The summed E-state index contributed by atoms with van der Waals surface area (Å²) in [4.78, 5) is 4.31. The summed E-state index contributed by atoms with van der Waals surface area (Å²) in [5, 5.41) is 6.22. The fraction of sp³-hybridized carbons (Fsp3) is 0.533. The van der Waals surface area contributed by atoms with Crippen molar-refractivity contribution < 1.29 is 17.9 Å². The van der Waals surface area contributed by atoms with Crippen molar-refractivity contribution in [3.63, 3.8) is 0 Å². The molecule has 0 atom stereocenters. The third-order valence-corrected chi connectivity index (χ3v) is 2.44. The Balaban J connectivity index is 0.00000484. The van der Waals surface area contributed by atoms with Gasteiger partial charge in [-0.15, -0.1) is 37.1 Å². The van der Waals surface area contributed by atoms with Crippen molar-refractivity contribution in [2.45, 2.75) is 46.1 Å². The molecule has 132 valence electrons. The van der Waals surface area contributed by atoms with Crippen molar-refractivity contribution >= 4 is 29.9 Å². The lowest BCUT2D eigenvalue weighted by Crippen LogP contribution is -2.47. The van der Waals surface area contributed by atoms with Gasteiger partial charge >= 0.3 is 6.36 Å². The molecule has 0 fully saturated rings. The summed E-state index contributed by atoms with van der Waals surface area (Å²) in [6.07, 6.45) is -4.71. The van der Waals surface area contributed by atoms with E-state index in [1.54, 1.807) is 12.1 Å². The maximum Gasteiger partial charge on any atom is 0.573 e. The minimum absolute atomic E-state index is 0. The quantitative estimate of drug-likeness (QED) is 0.418. The van der Waals surface area contributed by atoms with Crippen LogP contribution in [0.15, 0.2) is 29.3 Å². The second-order valence-corrected chi connectivity index (χ2v) is 5.73. The predicted octanol–water partition coefficient (Wildman–Crippen LogP) is 4.06. The van der Waals surface area contributed by atoms with Crippen LogP contribution >= 0.6 is 24.0 Å². The fourth-order valence-corrected chi connectivity index (χ4v) is 1.69. The zero-order valence-corrected chi connectivity index (χ0v) is 16.0. The van der Waals surface area contributed by atoms with E-state index in [0.29, 0.717) is 18.1 Å². The third kappa shape index (κ3) is 9.52. The highest BCUT2D eigenvalue weighted by Crippen LogP contribution is 2.26. The number of rotatable bonds is 4. The Kier molecular flexibility index (Phi) is 8.71. The Hall–Kier alpha value is -1.19. The van der Waals surface area contributed by atoms with Crippen LogP contribution in [0.2, 0.25) is 0 Å². The molecule has 1 rings (SSSR count). The van der Waals surface area contributed by atoms with Crippen LogP contribution < -0.4 is 15.4 Å². The average Bonchev–Trinajstić information content (AvgIpc) is 2.34. The molecule has 0 aromatic heterocycles. The normalized spacial score (nSPS) is 12.4. The first-order chi connectivity index (χ1) is 10.1. The highest BCUT2D eigenvalue weighted by atomic mass is 127. The number of nitrogens with zero attached hydrogens (tertiary/aromatic N) is 1. The third-order valence-electron chi connectivity index (χ3n) is 2.44. The number of guanidine groups is 1. The van der Waals surface area contributed by atoms with E-state index in [4.69, 9.17) is 0 Å². The molecule has 0 heterocycles. The van der Waals surface area contributed by atoms with Gasteiger partial charge in [0.05, 0.1) is 6.54 Å². The summed E-state index contributed by atoms with van der Waals surface area (Å²) in [6, 6.07) is 5.98. The van der Waals surface area contributed by atoms with Gasteiger partial charge in [-0.05, 0) is 33.8 Å². The zero-order valence-electron chi connectivity index (χ0n) is 13.6. The molecule has 0 saturated carbocycles. The van der Waals surface area contributed by atoms with E-state index in [1.165, 1.54) is 12.1 Å². The van der Waals surface area contributed by atoms with Crippen molar-refractivity contribution in [2.75, 3.05) is 6.54 Å². The molecule has 0 radical (unpaired) electrons. The zero-order chi connectivity index (χ0) is 16.8. The number of alkyl halides is 3. The van der Waals surface area contributed by atoms with E-state index in [2.05, 4.69) is 20.4 Å². The van der Waals surface area contributed by atoms with E-state index in [9.17, 15) is 13.2 Å². The molecular weight excluding hydrogens is 422 g/mol. The van der Waals surface area contributed by atoms with Crippen LogP contribution in [-0.2, 0) is 6.54 Å². The molecule has 1 aromatic carbocycles. The summed E-state index contributed by atoms with van der Waals surface area (Å²) in [5.41, 5.74) is 0.161. The molecule has 4 nitrogen and oxygen atoms in total. The van der Waals surface area contributed by atoms with Crippen molar-refractivity contribution in [3.8, 4) is 5.75 Å². The second-order valence-electron chi connectivity index (χ2n) is 5.73. The molecular formula is C15H23F3IN3O. The summed E-state index contributed by atoms with van der Waals surface area (Å²) < 4.78 is 41.2. The van der Waals surface area contributed by atoms with Gasteiger partial charge in [-0.1, -0.05) is 18.2 Å². The Morgan fingerprint density at radius 1 is 1.17 bits per heavy atom. The van der Waals surface area contributed by atoms with Crippen LogP contribution in [0.5, 0.6) is 5.75 Å². The molecule has 0 bridgehead atoms. The molecule has 0 aliphatic rings. The number of halogens is 4. The number of nitrogens with one attached hydrogen (secondary N) is 2. The van der Waals surface area contributed by atoms with Gasteiger partial charge in [-0.3, -0.25) is 0 Å². The minimum atomic E-state index is -4.71. The van der Waals surface area contributed by atoms with Gasteiger partial charge in [0.15, 0.2) is 5.96 Å². The predicted molar refractivity (Wildman–Crippen MR) is 96.2 cm³/mol. The number of ether oxygens (including phenoxy) is 1. The molecule has 0 aliphatic carbocycles. The van der Waals surface area contributed by atoms with E-state index in [-0.39, 0.29) is 41.8 Å². The van der Waals surface area contributed by atoms with Gasteiger partial charge in [0.25, 0.3) is 0 Å². The highest BCUT2D eigenvalue weighted by molar-refractivity contribution is 14.0. The molecule has 0 aliphatic heterocycles. The van der Waals surface area contributed by atoms with Crippen LogP contribution in [0, 0.1) is 0 Å². The number of para-hydroxylation sites is 1. The molecule has 2 N–H and O–H groups in total. The number of aliphatic imine (C=N–C) groups is 1. The summed E-state index contributed by atoms with van der Waals surface area (Å²) in [7, 11) is 0. The van der Waals surface area contributed by atoms with E-state index in [1.807, 2.05) is 27.7 Å². The van der Waals surface area contributed by atoms with Crippen LogP contribution in [-0.4, -0.2) is 24.4 Å². The molecule has 0 unspecified atom stereocenters. The van der Waals surface area contributed by atoms with Crippen molar-refractivity contribution in [2.24, 2.45) is 4.99 Å². The highest BCUT2D eigenvalue weighted by Gasteiger charge is 2.31. The average molecular weight is 445 g/mol. The maximum atomic E-state index is 12.4. The van der Waals surface area contributed by atoms with Crippen LogP contribution in [0.25, 0.3) is 0 Å². The largest absolute Gasteiger partial charge is 0.573 e. The summed E-state index contributed by atoms with van der Waals surface area (Å²) in [6.45, 7) is 8.57. The molecule has 0 amide bonds. The molecule has 1 aromatic rings. The van der Waals surface area contributed by atoms with Gasteiger partial charge < -0.3 is 15.4 Å². The van der Waals surface area contributed by atoms with E-state index >= 15 is 0 Å². The van der Waals surface area contributed by atoms with Gasteiger partial charge in [0.1, 0.15) is 5.75 Å². The minimum Gasteiger partial charge on any atom is -0.405 e. The van der Waals surface area contributed by atoms with E-state index < -0.39 is 6.36 Å². The first kappa shape index (κ1) is 21.8. The van der Waals surface area contributed by atoms with Crippen LogP contribution in [0.1, 0.15) is 33.3 Å². The van der Waals surface area contributed by atoms with Gasteiger partial charge in [0, 0.05) is 17.6 Å². The van der Waals surface area contributed by atoms with Gasteiger partial charge in [-0.2, -0.15) is 0 Å². The standard InChI is InChI=1S/C15H22F3N3O.HI/c1-5-19-13(21-14(2,3)4)20-10-11-8-6-7-9-12(11)22-15(16,17)18;/h6-9H,5,10H2,1-4H3,(H2,19,20,21);1H. The second kappa shape index (κ2) is 9.19. The molecule has 0 spiro atoms. The Morgan fingerprint density at radius 3 is 2.30 bits per heavy atom. The number of benzene rings is 1. The van der Waals surface area contributed by atoms with E-state index in [0.717, 1.165) is 0 Å². The maximum absolute atomic E-state index is 12.4. The summed E-state index contributed by atoms with van der Waals surface area (Å²) in [5.74, 6) is 0.308. The lowest BCUT2D eigenvalue weighted by Gasteiger charge is -2.23. The van der Waals surface area contributed by atoms with Crippen LogP contribution in [0.3, 0.4) is 0 Å². The SMILES string of the molecule is CCNC(=NCc1ccccc1OC(F)(F)F)NC(C)(C)C.I. The Bertz CT molecular complexity index is 513. The van der Waals surface area contributed by atoms with Crippen LogP contribution in [0.4, 0.5) is 13.2 Å². The van der Waals surface area contributed by atoms with Crippen molar-refractivity contribution in [3.05, 3.63) is 29.8 Å². The van der Waals surface area contributed by atoms with Gasteiger partial charge in [0.2, 0.25) is 0 Å². The topological polar surface area (TPSA) is 45.7 Å². The van der Waals surface area contributed by atoms with Gasteiger partial charge in [-0.25, -0.2) is 4.99 Å². The molecule has 8 heteroatoms. The fourth-order valence-electron chi connectivity index (χ4n) is 1.69.